The lowest BCUT2D eigenvalue weighted by atomic mass is 10.0. The van der Waals surface area contributed by atoms with Crippen LogP contribution in [0.4, 0.5) is 4.39 Å². The predicted octanol–water partition coefficient (Wildman–Crippen LogP) is 4.21. The van der Waals surface area contributed by atoms with Crippen molar-refractivity contribution in [1.82, 2.24) is 19.8 Å². The average molecular weight is 395 g/mol. The van der Waals surface area contributed by atoms with Crippen molar-refractivity contribution < 1.29 is 4.39 Å². The Labute approximate surface area is 172 Å². The Morgan fingerprint density at radius 2 is 1.79 bits per heavy atom. The molecule has 0 unspecified atom stereocenters. The van der Waals surface area contributed by atoms with Gasteiger partial charge in [0.25, 0.3) is 0 Å². The second-order valence-corrected chi connectivity index (χ2v) is 7.94. The average Bonchev–Trinajstić information content (AvgIpc) is 3.12. The Kier molecular flexibility index (Phi) is 6.57. The van der Waals surface area contributed by atoms with E-state index in [9.17, 15) is 4.39 Å². The van der Waals surface area contributed by atoms with Crippen LogP contribution in [0.5, 0.6) is 0 Å². The molecule has 1 aliphatic heterocycles. The lowest BCUT2D eigenvalue weighted by Gasteiger charge is -2.33. The number of likely N-dealkylation sites (tertiary alicyclic amines) is 1. The normalized spacial score (nSPS) is 15.9. The summed E-state index contributed by atoms with van der Waals surface area (Å²) < 4.78 is 15.6. The third kappa shape index (κ3) is 4.85. The number of hydrogen-bond acceptors (Lipinski definition) is 3. The number of imidazole rings is 1. The summed E-state index contributed by atoms with van der Waals surface area (Å²) in [6.07, 6.45) is 4.25. The van der Waals surface area contributed by atoms with E-state index in [1.807, 2.05) is 12.1 Å². The van der Waals surface area contributed by atoms with Gasteiger partial charge in [-0.25, -0.2) is 9.37 Å². The largest absolute Gasteiger partial charge is 0.325 e. The molecule has 1 saturated heterocycles. The molecule has 0 atom stereocenters. The van der Waals surface area contributed by atoms with Crippen molar-refractivity contribution in [1.29, 1.82) is 0 Å². The van der Waals surface area contributed by atoms with Crippen molar-refractivity contribution >= 4 is 11.0 Å². The first-order chi connectivity index (χ1) is 14.2. The van der Waals surface area contributed by atoms with Gasteiger partial charge >= 0.3 is 0 Å². The van der Waals surface area contributed by atoms with Gasteiger partial charge in [-0.15, -0.1) is 0 Å². The molecule has 154 valence electrons. The number of nitrogens with one attached hydrogen (secondary N) is 1. The number of likely N-dealkylation sites (N-methyl/N-ethyl adjacent to an activating group) is 1. The van der Waals surface area contributed by atoms with E-state index in [4.69, 9.17) is 4.98 Å². The number of benzene rings is 2. The van der Waals surface area contributed by atoms with Gasteiger partial charge in [0.1, 0.15) is 11.6 Å². The highest BCUT2D eigenvalue weighted by molar-refractivity contribution is 5.76. The van der Waals surface area contributed by atoms with E-state index < -0.39 is 0 Å². The number of halogens is 1. The predicted molar refractivity (Wildman–Crippen MR) is 117 cm³/mol. The molecular weight excluding hydrogens is 363 g/mol. The number of piperidine rings is 1. The molecule has 0 radical (unpaired) electrons. The minimum Gasteiger partial charge on any atom is -0.325 e. The molecule has 29 heavy (non-hydrogen) atoms. The first kappa shape index (κ1) is 20.0. The molecule has 4 rings (SSSR count). The van der Waals surface area contributed by atoms with Gasteiger partial charge < -0.3 is 14.8 Å². The van der Waals surface area contributed by atoms with Crippen molar-refractivity contribution in [3.8, 4) is 0 Å². The van der Waals surface area contributed by atoms with E-state index in [1.54, 1.807) is 12.1 Å². The summed E-state index contributed by atoms with van der Waals surface area (Å²) in [5.41, 5.74) is 3.58. The maximum absolute atomic E-state index is 13.1. The Hall–Kier alpha value is -2.24. The molecule has 1 aliphatic rings. The number of fused-ring (bicyclic) bond motifs is 1. The Morgan fingerprint density at radius 1 is 1.03 bits per heavy atom. The van der Waals surface area contributed by atoms with E-state index in [2.05, 4.69) is 46.0 Å². The van der Waals surface area contributed by atoms with Gasteiger partial charge in [0, 0.05) is 38.6 Å². The fourth-order valence-corrected chi connectivity index (χ4v) is 4.39. The number of aromatic nitrogens is 2. The molecule has 2 aromatic carbocycles. The van der Waals surface area contributed by atoms with Crippen molar-refractivity contribution in [3.63, 3.8) is 0 Å². The second kappa shape index (κ2) is 9.51. The monoisotopic (exact) mass is 394 g/mol. The molecule has 1 N–H and O–H groups in total. The molecule has 1 aromatic heterocycles. The smallest absolute Gasteiger partial charge is 0.123 e. The minimum absolute atomic E-state index is 0.160. The van der Waals surface area contributed by atoms with Crippen LogP contribution in [0.1, 0.15) is 37.2 Å². The molecule has 4 nitrogen and oxygen atoms in total. The first-order valence-corrected chi connectivity index (χ1v) is 10.9. The van der Waals surface area contributed by atoms with E-state index in [-0.39, 0.29) is 5.82 Å². The Balaban J connectivity index is 1.40. The van der Waals surface area contributed by atoms with Crippen LogP contribution in [0, 0.1) is 5.82 Å². The maximum Gasteiger partial charge on any atom is 0.123 e. The number of para-hydroxylation sites is 2. The summed E-state index contributed by atoms with van der Waals surface area (Å²) in [6.45, 7) is 7.35. The van der Waals surface area contributed by atoms with Crippen molar-refractivity contribution in [2.75, 3.05) is 32.7 Å². The topological polar surface area (TPSA) is 33.1 Å². The number of hydrogen-bond donors (Lipinski definition) is 1. The van der Waals surface area contributed by atoms with Crippen LogP contribution in [0.2, 0.25) is 0 Å². The maximum atomic E-state index is 13.1. The highest BCUT2D eigenvalue weighted by Crippen LogP contribution is 2.29. The van der Waals surface area contributed by atoms with Crippen LogP contribution in [0.15, 0.2) is 48.5 Å². The van der Waals surface area contributed by atoms with Gasteiger partial charge in [-0.1, -0.05) is 31.2 Å². The molecule has 0 bridgehead atoms. The Morgan fingerprint density at radius 3 is 2.55 bits per heavy atom. The zero-order valence-corrected chi connectivity index (χ0v) is 17.3. The van der Waals surface area contributed by atoms with Crippen molar-refractivity contribution in [2.24, 2.45) is 0 Å². The van der Waals surface area contributed by atoms with Gasteiger partial charge in [-0.3, -0.25) is 0 Å². The standard InChI is InChI=1S/C24H31FN4/c1-2-26-15-11-24-27-22-5-3-4-6-23(22)29(24)21-13-17-28(18-14-21)16-12-19-7-9-20(25)10-8-19/h3-10,21,26H,2,11-18H2,1H3. The van der Waals surface area contributed by atoms with Crippen LogP contribution in [0.3, 0.4) is 0 Å². The number of rotatable bonds is 8. The molecule has 3 aromatic rings. The van der Waals surface area contributed by atoms with Crippen molar-refractivity contribution in [2.45, 2.75) is 38.6 Å². The zero-order chi connectivity index (χ0) is 20.1. The number of nitrogens with zero attached hydrogens (tertiary/aromatic N) is 3. The lowest BCUT2D eigenvalue weighted by molar-refractivity contribution is 0.188. The van der Waals surface area contributed by atoms with E-state index >= 15 is 0 Å². The van der Waals surface area contributed by atoms with Gasteiger partial charge in [0.15, 0.2) is 0 Å². The van der Waals surface area contributed by atoms with E-state index in [0.717, 1.165) is 63.9 Å². The molecule has 0 aliphatic carbocycles. The molecule has 2 heterocycles. The minimum atomic E-state index is -0.160. The molecule has 0 amide bonds. The van der Waals surface area contributed by atoms with Crippen LogP contribution >= 0.6 is 0 Å². The van der Waals surface area contributed by atoms with E-state index in [1.165, 1.54) is 16.9 Å². The fraction of sp³-hybridized carbons (Fsp3) is 0.458. The van der Waals surface area contributed by atoms with Crippen LogP contribution in [-0.4, -0.2) is 47.2 Å². The quantitative estimate of drug-likeness (QED) is 0.581. The van der Waals surface area contributed by atoms with Crippen LogP contribution in [0.25, 0.3) is 11.0 Å². The van der Waals surface area contributed by atoms with Crippen LogP contribution < -0.4 is 5.32 Å². The highest BCUT2D eigenvalue weighted by Gasteiger charge is 2.24. The zero-order valence-electron chi connectivity index (χ0n) is 17.3. The summed E-state index contributed by atoms with van der Waals surface area (Å²) in [7, 11) is 0. The third-order valence-electron chi connectivity index (χ3n) is 6.00. The third-order valence-corrected chi connectivity index (χ3v) is 6.00. The van der Waals surface area contributed by atoms with Gasteiger partial charge in [-0.2, -0.15) is 0 Å². The first-order valence-electron chi connectivity index (χ1n) is 10.9. The molecule has 5 heteroatoms. The highest BCUT2D eigenvalue weighted by atomic mass is 19.1. The summed E-state index contributed by atoms with van der Waals surface area (Å²) >= 11 is 0. The summed E-state index contributed by atoms with van der Waals surface area (Å²) in [5, 5.41) is 3.43. The second-order valence-electron chi connectivity index (χ2n) is 7.94. The molecular formula is C24H31FN4. The fourth-order valence-electron chi connectivity index (χ4n) is 4.39. The van der Waals surface area contributed by atoms with E-state index in [0.29, 0.717) is 6.04 Å². The summed E-state index contributed by atoms with van der Waals surface area (Å²) in [4.78, 5) is 7.48. The van der Waals surface area contributed by atoms with Gasteiger partial charge in [0.05, 0.1) is 11.0 Å². The Bertz CT molecular complexity index is 910. The summed E-state index contributed by atoms with van der Waals surface area (Å²) in [6, 6.07) is 16.0. The molecule has 1 fully saturated rings. The van der Waals surface area contributed by atoms with Gasteiger partial charge in [-0.05, 0) is 55.6 Å². The van der Waals surface area contributed by atoms with Crippen molar-refractivity contribution in [3.05, 3.63) is 65.7 Å². The molecule has 0 spiro atoms. The lowest BCUT2D eigenvalue weighted by Crippen LogP contribution is -2.36. The SMILES string of the molecule is CCNCCc1nc2ccccc2n1C1CCN(CCc2ccc(F)cc2)CC1. The van der Waals surface area contributed by atoms with Gasteiger partial charge in [0.2, 0.25) is 0 Å². The van der Waals surface area contributed by atoms with Crippen LogP contribution in [-0.2, 0) is 12.8 Å². The molecule has 0 saturated carbocycles. The summed E-state index contributed by atoms with van der Waals surface area (Å²) in [5.74, 6) is 1.05.